The molecular formula is C19H22FN3O3. The summed E-state index contributed by atoms with van der Waals surface area (Å²) in [6.45, 7) is 2.74. The zero-order valence-electron chi connectivity index (χ0n) is 14.7. The molecule has 1 aromatic heterocycles. The van der Waals surface area contributed by atoms with Crippen molar-refractivity contribution in [1.29, 1.82) is 0 Å². The second-order valence-corrected chi connectivity index (χ2v) is 6.45. The van der Waals surface area contributed by atoms with E-state index in [-0.39, 0.29) is 24.8 Å². The number of benzene rings is 1. The van der Waals surface area contributed by atoms with Crippen LogP contribution in [0.2, 0.25) is 0 Å². The van der Waals surface area contributed by atoms with Crippen LogP contribution in [0.1, 0.15) is 37.6 Å². The van der Waals surface area contributed by atoms with Crippen LogP contribution in [0.4, 0.5) is 4.39 Å². The van der Waals surface area contributed by atoms with Gasteiger partial charge in [-0.2, -0.15) is 0 Å². The van der Waals surface area contributed by atoms with Crippen molar-refractivity contribution < 1.29 is 18.7 Å². The van der Waals surface area contributed by atoms with Crippen molar-refractivity contribution in [2.24, 2.45) is 0 Å². The minimum Gasteiger partial charge on any atom is -0.481 e. The molecule has 0 bridgehead atoms. The molecule has 1 aliphatic heterocycles. The Balaban J connectivity index is 1.48. The van der Waals surface area contributed by atoms with Crippen LogP contribution < -0.4 is 10.1 Å². The molecular weight excluding hydrogens is 337 g/mol. The normalized spacial score (nSPS) is 19.8. The maximum Gasteiger partial charge on any atom is 0.258 e. The molecule has 3 rings (SSSR count). The van der Waals surface area contributed by atoms with Gasteiger partial charge in [0.05, 0.1) is 0 Å². The minimum absolute atomic E-state index is 0.0519. The first-order valence-electron chi connectivity index (χ1n) is 8.66. The monoisotopic (exact) mass is 359 g/mol. The number of carbonyl (C=O) groups excluding carboxylic acids is 1. The average molecular weight is 359 g/mol. The molecule has 7 heteroatoms. The number of para-hydroxylation sites is 1. The van der Waals surface area contributed by atoms with E-state index in [9.17, 15) is 9.18 Å². The number of carbonyl (C=O) groups is 1. The zero-order valence-corrected chi connectivity index (χ0v) is 14.7. The smallest absolute Gasteiger partial charge is 0.258 e. The van der Waals surface area contributed by atoms with Gasteiger partial charge in [0.2, 0.25) is 0 Å². The molecule has 26 heavy (non-hydrogen) atoms. The quantitative estimate of drug-likeness (QED) is 0.858. The van der Waals surface area contributed by atoms with Crippen LogP contribution in [0.15, 0.2) is 36.7 Å². The molecule has 2 aromatic rings. The van der Waals surface area contributed by atoms with Gasteiger partial charge in [-0.25, -0.2) is 14.4 Å². The predicted octanol–water partition coefficient (Wildman–Crippen LogP) is 2.73. The largest absolute Gasteiger partial charge is 0.481 e. The molecule has 6 nitrogen and oxygen atoms in total. The molecule has 1 amide bonds. The summed E-state index contributed by atoms with van der Waals surface area (Å²) in [6.07, 6.45) is 6.43. The number of nitrogens with zero attached hydrogens (tertiary/aromatic N) is 2. The van der Waals surface area contributed by atoms with Gasteiger partial charge in [0.25, 0.3) is 5.91 Å². The van der Waals surface area contributed by atoms with Crippen molar-refractivity contribution >= 4 is 5.91 Å². The van der Waals surface area contributed by atoms with Gasteiger partial charge >= 0.3 is 0 Å². The van der Waals surface area contributed by atoms with E-state index < -0.39 is 11.4 Å². The lowest BCUT2D eigenvalue weighted by molar-refractivity contribution is -0.123. The predicted molar refractivity (Wildman–Crippen MR) is 92.9 cm³/mol. The van der Waals surface area contributed by atoms with E-state index in [2.05, 4.69) is 15.3 Å². The molecule has 1 fully saturated rings. The van der Waals surface area contributed by atoms with Gasteiger partial charge < -0.3 is 14.8 Å². The molecule has 1 atom stereocenters. The fourth-order valence-corrected chi connectivity index (χ4v) is 2.79. The van der Waals surface area contributed by atoms with Crippen molar-refractivity contribution in [3.8, 4) is 5.75 Å². The Labute approximate surface area is 151 Å². The van der Waals surface area contributed by atoms with Gasteiger partial charge in [0.1, 0.15) is 5.60 Å². The number of amides is 1. The zero-order chi connectivity index (χ0) is 18.4. The molecule has 0 spiro atoms. The van der Waals surface area contributed by atoms with E-state index in [4.69, 9.17) is 9.47 Å². The third-order valence-corrected chi connectivity index (χ3v) is 4.33. The standard InChI is InChI=1S/C19H22FN3O3/c1-19(8-4-5-9-26-19)18-22-11-14(12-23-18)10-21-17(24)13-25-16-7-3-2-6-15(16)20/h2-3,6-7,11-12H,4-5,8-10,13H2,1H3,(H,21,24). The second kappa shape index (κ2) is 8.23. The Morgan fingerprint density at radius 1 is 1.31 bits per heavy atom. The molecule has 138 valence electrons. The Kier molecular flexibility index (Phi) is 5.78. The lowest BCUT2D eigenvalue weighted by atomic mass is 9.95. The number of halogens is 1. The molecule has 0 radical (unpaired) electrons. The average Bonchev–Trinajstić information content (AvgIpc) is 2.67. The topological polar surface area (TPSA) is 73.3 Å². The van der Waals surface area contributed by atoms with Crippen LogP contribution in [0.3, 0.4) is 0 Å². The highest BCUT2D eigenvalue weighted by molar-refractivity contribution is 5.77. The number of nitrogens with one attached hydrogen (secondary N) is 1. The van der Waals surface area contributed by atoms with Crippen molar-refractivity contribution in [3.05, 3.63) is 53.9 Å². The first-order chi connectivity index (χ1) is 12.6. The molecule has 2 heterocycles. The summed E-state index contributed by atoms with van der Waals surface area (Å²) in [6, 6.07) is 5.96. The summed E-state index contributed by atoms with van der Waals surface area (Å²) in [4.78, 5) is 20.6. The van der Waals surface area contributed by atoms with Gasteiger partial charge in [-0.3, -0.25) is 4.79 Å². The summed E-state index contributed by atoms with van der Waals surface area (Å²) in [5, 5.41) is 2.70. The Morgan fingerprint density at radius 2 is 2.08 bits per heavy atom. The Morgan fingerprint density at radius 3 is 2.77 bits per heavy atom. The van der Waals surface area contributed by atoms with Crippen molar-refractivity contribution in [3.63, 3.8) is 0 Å². The van der Waals surface area contributed by atoms with Gasteiger partial charge in [0.15, 0.2) is 24.0 Å². The summed E-state index contributed by atoms with van der Waals surface area (Å²) in [5.41, 5.74) is 0.334. The highest BCUT2D eigenvalue weighted by Gasteiger charge is 2.32. The van der Waals surface area contributed by atoms with Gasteiger partial charge in [-0.15, -0.1) is 0 Å². The van der Waals surface area contributed by atoms with Crippen LogP contribution in [0.25, 0.3) is 0 Å². The number of aromatic nitrogens is 2. The summed E-state index contributed by atoms with van der Waals surface area (Å²) in [5.74, 6) is -0.131. The van der Waals surface area contributed by atoms with E-state index in [0.29, 0.717) is 5.82 Å². The van der Waals surface area contributed by atoms with E-state index in [1.54, 1.807) is 24.5 Å². The lowest BCUT2D eigenvalue weighted by Gasteiger charge is -2.32. The fourth-order valence-electron chi connectivity index (χ4n) is 2.79. The molecule has 1 N–H and O–H groups in total. The first-order valence-corrected chi connectivity index (χ1v) is 8.66. The van der Waals surface area contributed by atoms with E-state index in [1.807, 2.05) is 6.92 Å². The summed E-state index contributed by atoms with van der Waals surface area (Å²) in [7, 11) is 0. The number of rotatable bonds is 6. The third-order valence-electron chi connectivity index (χ3n) is 4.33. The number of hydrogen-bond acceptors (Lipinski definition) is 5. The van der Waals surface area contributed by atoms with Gasteiger partial charge in [-0.1, -0.05) is 12.1 Å². The van der Waals surface area contributed by atoms with Crippen LogP contribution in [-0.2, 0) is 21.7 Å². The van der Waals surface area contributed by atoms with E-state index >= 15 is 0 Å². The van der Waals surface area contributed by atoms with E-state index in [1.165, 1.54) is 12.1 Å². The van der Waals surface area contributed by atoms with Crippen LogP contribution in [0, 0.1) is 5.82 Å². The molecule has 1 aliphatic rings. The SMILES string of the molecule is CC1(c2ncc(CNC(=O)COc3ccccc3F)cn2)CCCCO1. The number of hydrogen-bond donors (Lipinski definition) is 1. The maximum absolute atomic E-state index is 13.4. The Hall–Kier alpha value is -2.54. The molecule has 1 saturated heterocycles. The number of ether oxygens (including phenoxy) is 2. The van der Waals surface area contributed by atoms with Crippen LogP contribution in [-0.4, -0.2) is 29.1 Å². The van der Waals surface area contributed by atoms with Crippen molar-refractivity contribution in [2.75, 3.05) is 13.2 Å². The van der Waals surface area contributed by atoms with E-state index in [0.717, 1.165) is 31.4 Å². The molecule has 1 aromatic carbocycles. The van der Waals surface area contributed by atoms with Gasteiger partial charge in [0, 0.05) is 31.1 Å². The Bertz CT molecular complexity index is 746. The minimum atomic E-state index is -0.497. The van der Waals surface area contributed by atoms with Crippen LogP contribution in [0.5, 0.6) is 5.75 Å². The molecule has 0 aliphatic carbocycles. The second-order valence-electron chi connectivity index (χ2n) is 6.45. The summed E-state index contributed by atoms with van der Waals surface area (Å²) >= 11 is 0. The summed E-state index contributed by atoms with van der Waals surface area (Å²) < 4.78 is 24.4. The van der Waals surface area contributed by atoms with Crippen molar-refractivity contribution in [1.82, 2.24) is 15.3 Å². The highest BCUT2D eigenvalue weighted by Crippen LogP contribution is 2.32. The first kappa shape index (κ1) is 18.3. The molecule has 1 unspecified atom stereocenters. The molecule has 0 saturated carbocycles. The fraction of sp³-hybridized carbons (Fsp3) is 0.421. The van der Waals surface area contributed by atoms with Crippen LogP contribution >= 0.6 is 0 Å². The maximum atomic E-state index is 13.4. The van der Waals surface area contributed by atoms with Gasteiger partial charge in [-0.05, 0) is 38.3 Å². The van der Waals surface area contributed by atoms with Crippen molar-refractivity contribution in [2.45, 2.75) is 38.3 Å². The highest BCUT2D eigenvalue weighted by atomic mass is 19.1. The third kappa shape index (κ3) is 4.54. The lowest BCUT2D eigenvalue weighted by Crippen LogP contribution is -2.32.